The van der Waals surface area contributed by atoms with Crippen molar-refractivity contribution in [3.05, 3.63) is 34.2 Å². The minimum atomic E-state index is 0.142. The van der Waals surface area contributed by atoms with Gasteiger partial charge >= 0.3 is 0 Å². The lowest BCUT2D eigenvalue weighted by Gasteiger charge is -2.23. The fraction of sp³-hybridized carbons (Fsp3) is 0.737. The van der Waals surface area contributed by atoms with Crippen LogP contribution >= 0.6 is 0 Å². The van der Waals surface area contributed by atoms with Crippen molar-refractivity contribution in [2.24, 2.45) is 5.92 Å². The Morgan fingerprint density at radius 1 is 1.14 bits per heavy atom. The van der Waals surface area contributed by atoms with Gasteiger partial charge in [-0.15, -0.1) is 0 Å². The van der Waals surface area contributed by atoms with Crippen LogP contribution < -0.4 is 5.56 Å². The fourth-order valence-corrected chi connectivity index (χ4v) is 2.67. The van der Waals surface area contributed by atoms with Crippen molar-refractivity contribution in [3.63, 3.8) is 0 Å². The average molecular weight is 306 g/mol. The van der Waals surface area contributed by atoms with E-state index in [1.54, 1.807) is 6.07 Å². The van der Waals surface area contributed by atoms with Crippen LogP contribution in [0.3, 0.4) is 0 Å². The molecule has 126 valence electrons. The maximum absolute atomic E-state index is 12.4. The van der Waals surface area contributed by atoms with E-state index in [0.29, 0.717) is 12.0 Å². The Morgan fingerprint density at radius 3 is 2.27 bits per heavy atom. The molecule has 0 aliphatic heterocycles. The highest BCUT2D eigenvalue weighted by molar-refractivity contribution is 5.15. The molecule has 0 aliphatic rings. The second-order valence-corrected chi connectivity index (χ2v) is 7.20. The van der Waals surface area contributed by atoms with Gasteiger partial charge in [-0.1, -0.05) is 34.6 Å². The summed E-state index contributed by atoms with van der Waals surface area (Å²) in [5, 5.41) is 0. The van der Waals surface area contributed by atoms with Crippen LogP contribution in [0, 0.1) is 5.92 Å². The molecule has 0 bridgehead atoms. The maximum atomic E-state index is 12.4. The first-order chi connectivity index (χ1) is 10.3. The second-order valence-electron chi connectivity index (χ2n) is 7.20. The molecule has 0 amide bonds. The van der Waals surface area contributed by atoms with Gasteiger partial charge in [0.2, 0.25) is 0 Å². The number of nitrogens with zero attached hydrogens (tertiary/aromatic N) is 2. The molecule has 1 heterocycles. The van der Waals surface area contributed by atoms with Crippen LogP contribution in [0.25, 0.3) is 0 Å². The predicted molar refractivity (Wildman–Crippen MR) is 95.7 cm³/mol. The van der Waals surface area contributed by atoms with Gasteiger partial charge in [0.1, 0.15) is 0 Å². The molecule has 1 rings (SSSR count). The van der Waals surface area contributed by atoms with E-state index >= 15 is 0 Å². The summed E-state index contributed by atoms with van der Waals surface area (Å²) in [6.07, 6.45) is 5.25. The third kappa shape index (κ3) is 5.96. The minimum Gasteiger partial charge on any atom is -0.312 e. The van der Waals surface area contributed by atoms with Crippen LogP contribution in [0.1, 0.15) is 71.4 Å². The van der Waals surface area contributed by atoms with Crippen molar-refractivity contribution in [1.82, 2.24) is 9.47 Å². The Kier molecular flexibility index (Phi) is 7.88. The summed E-state index contributed by atoms with van der Waals surface area (Å²) in [6.45, 7) is 13.1. The highest BCUT2D eigenvalue weighted by Gasteiger charge is 2.12. The lowest BCUT2D eigenvalue weighted by atomic mass is 10.0. The molecule has 1 atom stereocenters. The zero-order valence-corrected chi connectivity index (χ0v) is 15.3. The Labute approximate surface area is 136 Å². The van der Waals surface area contributed by atoms with Gasteiger partial charge in [-0.3, -0.25) is 4.79 Å². The summed E-state index contributed by atoms with van der Waals surface area (Å²) >= 11 is 0. The first-order valence-corrected chi connectivity index (χ1v) is 8.75. The quantitative estimate of drug-likeness (QED) is 0.680. The van der Waals surface area contributed by atoms with Crippen LogP contribution in [-0.2, 0) is 0 Å². The molecule has 0 fully saturated rings. The molecule has 3 nitrogen and oxygen atoms in total. The monoisotopic (exact) mass is 306 g/mol. The van der Waals surface area contributed by atoms with E-state index in [0.717, 1.165) is 37.4 Å². The number of hydrogen-bond acceptors (Lipinski definition) is 2. The Balaban J connectivity index is 2.66. The molecule has 1 aromatic heterocycles. The molecule has 0 saturated heterocycles. The van der Waals surface area contributed by atoms with Gasteiger partial charge in [-0.2, -0.15) is 0 Å². The summed E-state index contributed by atoms with van der Waals surface area (Å²) in [4.78, 5) is 14.7. The molecule has 1 unspecified atom stereocenters. The van der Waals surface area contributed by atoms with Gasteiger partial charge in [-0.05, 0) is 62.9 Å². The zero-order valence-electron chi connectivity index (χ0n) is 15.3. The van der Waals surface area contributed by atoms with Crippen LogP contribution in [0.2, 0.25) is 0 Å². The molecule has 1 aromatic rings. The van der Waals surface area contributed by atoms with Gasteiger partial charge in [0.25, 0.3) is 5.56 Å². The largest absolute Gasteiger partial charge is 0.312 e. The summed E-state index contributed by atoms with van der Waals surface area (Å²) < 4.78 is 1.92. The van der Waals surface area contributed by atoms with Gasteiger partial charge in [-0.25, -0.2) is 0 Å². The van der Waals surface area contributed by atoms with Gasteiger partial charge in [0.15, 0.2) is 0 Å². The van der Waals surface area contributed by atoms with Crippen molar-refractivity contribution >= 4 is 0 Å². The fourth-order valence-electron chi connectivity index (χ4n) is 2.67. The molecule has 0 saturated carbocycles. The smallest absolute Gasteiger partial charge is 0.251 e. The third-order valence-corrected chi connectivity index (χ3v) is 4.44. The number of pyridine rings is 1. The minimum absolute atomic E-state index is 0.142. The predicted octanol–water partition coefficient (Wildman–Crippen LogP) is 4.29. The van der Waals surface area contributed by atoms with Crippen LogP contribution in [0.15, 0.2) is 23.1 Å². The second kappa shape index (κ2) is 9.14. The molecule has 0 radical (unpaired) electrons. The first-order valence-electron chi connectivity index (χ1n) is 8.75. The Morgan fingerprint density at radius 2 is 1.77 bits per heavy atom. The molecule has 3 heteroatoms. The zero-order chi connectivity index (χ0) is 16.7. The van der Waals surface area contributed by atoms with Gasteiger partial charge in [0, 0.05) is 18.3 Å². The van der Waals surface area contributed by atoms with Gasteiger partial charge < -0.3 is 9.47 Å². The normalized spacial score (nSPS) is 13.3. The highest BCUT2D eigenvalue weighted by Crippen LogP contribution is 2.17. The number of rotatable bonds is 9. The lowest BCUT2D eigenvalue weighted by Crippen LogP contribution is -2.28. The van der Waals surface area contributed by atoms with E-state index in [1.165, 1.54) is 6.42 Å². The Hall–Kier alpha value is -1.09. The molecular weight excluding hydrogens is 272 g/mol. The van der Waals surface area contributed by atoms with E-state index in [2.05, 4.69) is 52.6 Å². The highest BCUT2D eigenvalue weighted by atomic mass is 16.1. The summed E-state index contributed by atoms with van der Waals surface area (Å²) in [7, 11) is 2.18. The van der Waals surface area contributed by atoms with Crippen LogP contribution in [0.4, 0.5) is 0 Å². The SMILES string of the molecule is CCC(CCN(C)CCC(C)C)n1ccc(C(C)C)cc1=O. The summed E-state index contributed by atoms with van der Waals surface area (Å²) in [6, 6.07) is 4.20. The molecule has 0 N–H and O–H groups in total. The topological polar surface area (TPSA) is 25.2 Å². The van der Waals surface area contributed by atoms with Crippen molar-refractivity contribution < 1.29 is 0 Å². The number of hydrogen-bond donors (Lipinski definition) is 0. The van der Waals surface area contributed by atoms with Gasteiger partial charge in [0.05, 0.1) is 0 Å². The van der Waals surface area contributed by atoms with E-state index in [-0.39, 0.29) is 5.56 Å². The lowest BCUT2D eigenvalue weighted by molar-refractivity contribution is 0.278. The summed E-state index contributed by atoms with van der Waals surface area (Å²) in [5.41, 5.74) is 1.27. The van der Waals surface area contributed by atoms with Crippen molar-refractivity contribution in [3.8, 4) is 0 Å². The molecule has 0 aromatic carbocycles. The van der Waals surface area contributed by atoms with Crippen molar-refractivity contribution in [2.75, 3.05) is 20.1 Å². The Bertz CT molecular complexity index is 490. The average Bonchev–Trinajstić information content (AvgIpc) is 2.46. The number of aromatic nitrogens is 1. The molecule has 22 heavy (non-hydrogen) atoms. The molecular formula is C19H34N2O. The van der Waals surface area contributed by atoms with E-state index < -0.39 is 0 Å². The van der Waals surface area contributed by atoms with Crippen molar-refractivity contribution in [1.29, 1.82) is 0 Å². The van der Waals surface area contributed by atoms with Crippen LogP contribution in [-0.4, -0.2) is 29.6 Å². The van der Waals surface area contributed by atoms with Crippen molar-refractivity contribution in [2.45, 2.75) is 65.8 Å². The maximum Gasteiger partial charge on any atom is 0.251 e. The molecule has 0 spiro atoms. The summed E-state index contributed by atoms with van der Waals surface area (Å²) in [5.74, 6) is 1.15. The van der Waals surface area contributed by atoms with E-state index in [9.17, 15) is 4.79 Å². The molecule has 0 aliphatic carbocycles. The third-order valence-electron chi connectivity index (χ3n) is 4.44. The van der Waals surface area contributed by atoms with E-state index in [1.807, 2.05) is 10.8 Å². The van der Waals surface area contributed by atoms with E-state index in [4.69, 9.17) is 0 Å². The van der Waals surface area contributed by atoms with Crippen LogP contribution in [0.5, 0.6) is 0 Å². The standard InChI is InChI=1S/C19H34N2O/c1-7-18(10-12-20(6)11-8-15(2)3)21-13-9-17(16(4)5)14-19(21)22/h9,13-16,18H,7-8,10-12H2,1-6H3. The first kappa shape index (κ1) is 19.0.